The van der Waals surface area contributed by atoms with Gasteiger partial charge in [-0.05, 0) is 49.2 Å². The van der Waals surface area contributed by atoms with Crippen molar-refractivity contribution in [3.05, 3.63) is 70.3 Å². The Morgan fingerprint density at radius 2 is 1.84 bits per heavy atom. The Labute approximate surface area is 187 Å². The van der Waals surface area contributed by atoms with E-state index in [-0.39, 0.29) is 29.7 Å². The third kappa shape index (κ3) is 3.80. The second-order valence-electron chi connectivity index (χ2n) is 7.40. The lowest BCUT2D eigenvalue weighted by Crippen LogP contribution is -2.20. The van der Waals surface area contributed by atoms with Crippen LogP contribution in [0.2, 0.25) is 0 Å². The maximum absolute atomic E-state index is 13.0. The molecule has 32 heavy (non-hydrogen) atoms. The van der Waals surface area contributed by atoms with Crippen LogP contribution in [0.4, 0.5) is 5.69 Å². The van der Waals surface area contributed by atoms with Gasteiger partial charge >= 0.3 is 5.56 Å². The first-order chi connectivity index (χ1) is 15.5. The zero-order valence-corrected chi connectivity index (χ0v) is 18.2. The molecule has 3 heterocycles. The largest absolute Gasteiger partial charge is 0.454 e. The molecular formula is C22H19N5O4S. The molecule has 0 saturated carbocycles. The fourth-order valence-electron chi connectivity index (χ4n) is 3.56. The van der Waals surface area contributed by atoms with Gasteiger partial charge in [-0.1, -0.05) is 17.8 Å². The Bertz CT molecular complexity index is 1390. The molecule has 2 aromatic heterocycles. The number of ether oxygens (including phenoxy) is 2. The smallest absolute Gasteiger partial charge is 0.300 e. The molecule has 0 aliphatic carbocycles. The summed E-state index contributed by atoms with van der Waals surface area (Å²) in [5.41, 5.74) is 3.44. The number of thioether (sulfide) groups is 1. The normalized spacial score (nSPS) is 12.3. The number of anilines is 1. The Morgan fingerprint density at radius 1 is 1.06 bits per heavy atom. The van der Waals surface area contributed by atoms with Gasteiger partial charge in [0.15, 0.2) is 16.7 Å². The third-order valence-electron chi connectivity index (χ3n) is 4.91. The number of amides is 1. The summed E-state index contributed by atoms with van der Waals surface area (Å²) in [6.07, 6.45) is 3.41. The zero-order chi connectivity index (χ0) is 22.2. The van der Waals surface area contributed by atoms with Crippen LogP contribution in [-0.4, -0.2) is 37.6 Å². The second kappa shape index (κ2) is 8.04. The number of nitrogens with zero attached hydrogens (tertiary/aromatic N) is 4. The van der Waals surface area contributed by atoms with Gasteiger partial charge in [-0.15, -0.1) is 10.2 Å². The van der Waals surface area contributed by atoms with Crippen LogP contribution < -0.4 is 20.3 Å². The number of carbonyl (C=O) groups is 1. The molecule has 0 atom stereocenters. The maximum atomic E-state index is 13.0. The summed E-state index contributed by atoms with van der Waals surface area (Å²) in [7, 11) is 0. The van der Waals surface area contributed by atoms with Gasteiger partial charge < -0.3 is 14.8 Å². The van der Waals surface area contributed by atoms with Crippen molar-refractivity contribution < 1.29 is 14.3 Å². The van der Waals surface area contributed by atoms with Crippen LogP contribution in [-0.2, 0) is 4.79 Å². The van der Waals surface area contributed by atoms with Crippen LogP contribution in [0.1, 0.15) is 11.1 Å². The molecule has 10 heteroatoms. The quantitative estimate of drug-likeness (QED) is 0.468. The van der Waals surface area contributed by atoms with Crippen LogP contribution in [0.25, 0.3) is 11.3 Å². The monoisotopic (exact) mass is 449 g/mol. The molecule has 0 unspecified atom stereocenters. The Hall–Kier alpha value is -3.79. The van der Waals surface area contributed by atoms with Gasteiger partial charge in [-0.2, -0.15) is 0 Å². The number of benzene rings is 2. The average molecular weight is 449 g/mol. The van der Waals surface area contributed by atoms with Gasteiger partial charge in [0, 0.05) is 29.8 Å². The highest BCUT2D eigenvalue weighted by Gasteiger charge is 2.16. The van der Waals surface area contributed by atoms with Crippen molar-refractivity contribution in [3.63, 3.8) is 0 Å². The Morgan fingerprint density at radius 3 is 2.66 bits per heavy atom. The van der Waals surface area contributed by atoms with E-state index < -0.39 is 0 Å². The van der Waals surface area contributed by atoms with Crippen molar-refractivity contribution in [2.45, 2.75) is 19.0 Å². The molecule has 1 N–H and O–H groups in total. The molecule has 5 rings (SSSR count). The number of aromatic nitrogens is 4. The van der Waals surface area contributed by atoms with Crippen LogP contribution in [0.5, 0.6) is 11.5 Å². The number of carbonyl (C=O) groups excluding carboxylic acids is 1. The minimum Gasteiger partial charge on any atom is -0.454 e. The van der Waals surface area contributed by atoms with E-state index >= 15 is 0 Å². The van der Waals surface area contributed by atoms with Gasteiger partial charge in [-0.25, -0.2) is 0 Å². The van der Waals surface area contributed by atoms with Crippen LogP contribution >= 0.6 is 11.8 Å². The lowest BCUT2D eigenvalue weighted by atomic mass is 10.1. The molecular weight excluding hydrogens is 430 g/mol. The molecule has 0 fully saturated rings. The van der Waals surface area contributed by atoms with E-state index in [2.05, 4.69) is 15.5 Å². The number of fused-ring (bicyclic) bond motifs is 2. The SMILES string of the molecule is Cc1cc(C)cc(-n2ccn3c(SCC(=O)Nc4ccc5c(c4)OCO5)nnc3c2=O)c1. The van der Waals surface area contributed by atoms with Gasteiger partial charge in [0.2, 0.25) is 18.3 Å². The summed E-state index contributed by atoms with van der Waals surface area (Å²) in [6.45, 7) is 4.15. The van der Waals surface area contributed by atoms with Crippen molar-refractivity contribution in [3.8, 4) is 17.2 Å². The number of rotatable bonds is 5. The van der Waals surface area contributed by atoms with E-state index in [1.165, 1.54) is 11.8 Å². The third-order valence-corrected chi connectivity index (χ3v) is 5.86. The van der Waals surface area contributed by atoms with E-state index in [0.717, 1.165) is 16.8 Å². The molecule has 0 spiro atoms. The number of hydrogen-bond donors (Lipinski definition) is 1. The first-order valence-electron chi connectivity index (χ1n) is 9.85. The average Bonchev–Trinajstić information content (AvgIpc) is 3.38. The molecule has 4 aromatic rings. The Balaban J connectivity index is 1.32. The van der Waals surface area contributed by atoms with Crippen molar-refractivity contribution in [2.75, 3.05) is 17.9 Å². The highest BCUT2D eigenvalue weighted by Crippen LogP contribution is 2.34. The summed E-state index contributed by atoms with van der Waals surface area (Å²) in [6, 6.07) is 11.1. The number of hydrogen-bond acceptors (Lipinski definition) is 7. The van der Waals surface area contributed by atoms with Gasteiger partial charge in [0.25, 0.3) is 0 Å². The standard InChI is InChI=1S/C22H19N5O4S/c1-13-7-14(2)9-16(8-13)26-5-6-27-20(21(26)29)24-25-22(27)32-11-19(28)23-15-3-4-17-18(10-15)31-12-30-17/h3-10H,11-12H2,1-2H3,(H,23,28). The second-order valence-corrected chi connectivity index (χ2v) is 8.34. The molecule has 2 aromatic carbocycles. The fraction of sp³-hybridized carbons (Fsp3) is 0.182. The highest BCUT2D eigenvalue weighted by molar-refractivity contribution is 7.99. The van der Waals surface area contributed by atoms with Gasteiger partial charge in [0.05, 0.1) is 5.75 Å². The maximum Gasteiger partial charge on any atom is 0.300 e. The zero-order valence-electron chi connectivity index (χ0n) is 17.4. The number of aryl methyl sites for hydroxylation is 2. The lowest BCUT2D eigenvalue weighted by Gasteiger charge is -2.09. The lowest BCUT2D eigenvalue weighted by molar-refractivity contribution is -0.113. The summed E-state index contributed by atoms with van der Waals surface area (Å²) in [4.78, 5) is 25.4. The summed E-state index contributed by atoms with van der Waals surface area (Å²) < 4.78 is 13.7. The Kier molecular flexibility index (Phi) is 5.06. The van der Waals surface area contributed by atoms with E-state index in [9.17, 15) is 9.59 Å². The van der Waals surface area contributed by atoms with Crippen molar-refractivity contribution in [2.24, 2.45) is 0 Å². The number of nitrogens with one attached hydrogen (secondary N) is 1. The van der Waals surface area contributed by atoms with Crippen molar-refractivity contribution in [1.29, 1.82) is 0 Å². The predicted octanol–water partition coefficient (Wildman–Crippen LogP) is 2.96. The predicted molar refractivity (Wildman–Crippen MR) is 120 cm³/mol. The van der Waals surface area contributed by atoms with Crippen molar-refractivity contribution >= 4 is 29.0 Å². The minimum atomic E-state index is -0.276. The molecule has 0 radical (unpaired) electrons. The molecule has 0 bridgehead atoms. The molecule has 0 saturated heterocycles. The van der Waals surface area contributed by atoms with E-state index in [1.54, 1.807) is 39.6 Å². The van der Waals surface area contributed by atoms with Crippen LogP contribution in [0.15, 0.2) is 58.7 Å². The molecule has 1 aliphatic rings. The first-order valence-corrected chi connectivity index (χ1v) is 10.8. The summed E-state index contributed by atoms with van der Waals surface area (Å²) in [5.74, 6) is 1.14. The molecule has 162 valence electrons. The summed E-state index contributed by atoms with van der Waals surface area (Å²) in [5, 5.41) is 11.4. The van der Waals surface area contributed by atoms with Gasteiger partial charge in [0.1, 0.15) is 0 Å². The fourth-order valence-corrected chi connectivity index (χ4v) is 4.28. The van der Waals surface area contributed by atoms with E-state index in [4.69, 9.17) is 9.47 Å². The van der Waals surface area contributed by atoms with Crippen molar-refractivity contribution in [1.82, 2.24) is 19.2 Å². The highest BCUT2D eigenvalue weighted by atomic mass is 32.2. The molecule has 9 nitrogen and oxygen atoms in total. The minimum absolute atomic E-state index is 0.107. The topological polar surface area (TPSA) is 99.8 Å². The van der Waals surface area contributed by atoms with E-state index in [0.29, 0.717) is 22.3 Å². The van der Waals surface area contributed by atoms with Gasteiger partial charge in [-0.3, -0.25) is 18.6 Å². The summed E-state index contributed by atoms with van der Waals surface area (Å²) >= 11 is 1.20. The molecule has 1 aliphatic heterocycles. The molecule has 1 amide bonds. The first kappa shape index (κ1) is 20.1. The van der Waals surface area contributed by atoms with Crippen LogP contribution in [0.3, 0.4) is 0 Å². The van der Waals surface area contributed by atoms with Crippen LogP contribution in [0, 0.1) is 13.8 Å². The van der Waals surface area contributed by atoms with E-state index in [1.807, 2.05) is 32.0 Å².